The van der Waals surface area contributed by atoms with Gasteiger partial charge in [0, 0.05) is 25.8 Å². The van der Waals surface area contributed by atoms with Gasteiger partial charge in [0.25, 0.3) is 0 Å². The van der Waals surface area contributed by atoms with E-state index in [9.17, 15) is 0 Å². The van der Waals surface area contributed by atoms with Gasteiger partial charge in [-0.3, -0.25) is 0 Å². The van der Waals surface area contributed by atoms with Crippen LogP contribution in [0.4, 0.5) is 0 Å². The number of rotatable bonds is 2. The molecule has 0 N–H and O–H groups in total. The molecule has 27 heavy (non-hydrogen) atoms. The molecule has 0 aliphatic heterocycles. The van der Waals surface area contributed by atoms with Crippen LogP contribution < -0.4 is 10.6 Å². The molecule has 1 atom stereocenters. The SMILES string of the molecule is C1=CC2=C(CC1)CC[CH-]2.Cc1ccccc1P[c-]1ccc2ccccc21.[Hf]. The predicted molar refractivity (Wildman–Crippen MR) is 117 cm³/mol. The molecule has 0 saturated carbocycles. The molecule has 0 saturated heterocycles. The van der Waals surface area contributed by atoms with E-state index in [1.165, 1.54) is 58.2 Å². The van der Waals surface area contributed by atoms with Gasteiger partial charge >= 0.3 is 0 Å². The summed E-state index contributed by atoms with van der Waals surface area (Å²) in [5.41, 5.74) is 4.61. The Bertz CT molecular complexity index is 961. The number of benzene rings is 2. The van der Waals surface area contributed by atoms with E-state index in [0.717, 1.165) is 8.58 Å². The maximum absolute atomic E-state index is 2.35. The average molecular weight is 535 g/mol. The predicted octanol–water partition coefficient (Wildman–Crippen LogP) is 6.13. The monoisotopic (exact) mass is 536 g/mol. The number of hydrogen-bond acceptors (Lipinski definition) is 0. The second-order valence-electron chi connectivity index (χ2n) is 7.02. The zero-order chi connectivity index (χ0) is 17.8. The molecule has 1 unspecified atom stereocenters. The van der Waals surface area contributed by atoms with Gasteiger partial charge in [-0.25, -0.2) is 0 Å². The molecule has 2 heteroatoms. The summed E-state index contributed by atoms with van der Waals surface area (Å²) >= 11 is 0. The Morgan fingerprint density at radius 2 is 1.78 bits per heavy atom. The number of allylic oxidation sites excluding steroid dienone is 4. The molecule has 136 valence electrons. The normalized spacial score (nSPS) is 15.3. The smallest absolute Gasteiger partial charge is 0 e. The van der Waals surface area contributed by atoms with Gasteiger partial charge in [-0.05, 0) is 17.8 Å². The van der Waals surface area contributed by atoms with Crippen LogP contribution in [0.25, 0.3) is 10.8 Å². The van der Waals surface area contributed by atoms with Gasteiger partial charge in [0.15, 0.2) is 0 Å². The Balaban J connectivity index is 0.000000178. The molecule has 5 rings (SSSR count). The van der Waals surface area contributed by atoms with E-state index in [1.807, 2.05) is 0 Å². The van der Waals surface area contributed by atoms with Crippen LogP contribution in [0.5, 0.6) is 0 Å². The fourth-order valence-electron chi connectivity index (χ4n) is 3.73. The van der Waals surface area contributed by atoms with E-state index < -0.39 is 0 Å². The number of aryl methyl sites for hydroxylation is 1. The van der Waals surface area contributed by atoms with Crippen LogP contribution >= 0.6 is 8.58 Å². The second-order valence-corrected chi connectivity index (χ2v) is 8.34. The molecule has 2 aliphatic carbocycles. The Kier molecular flexibility index (Phi) is 7.39. The molecule has 3 aromatic carbocycles. The van der Waals surface area contributed by atoms with Crippen molar-refractivity contribution in [2.24, 2.45) is 0 Å². The van der Waals surface area contributed by atoms with Crippen molar-refractivity contribution in [2.45, 2.75) is 32.6 Å². The van der Waals surface area contributed by atoms with Gasteiger partial charge in [-0.15, -0.1) is 55.0 Å². The van der Waals surface area contributed by atoms with Crippen LogP contribution in [0.3, 0.4) is 0 Å². The second kappa shape index (κ2) is 9.76. The molecule has 0 amide bonds. The zero-order valence-electron chi connectivity index (χ0n) is 15.8. The average Bonchev–Trinajstić information content (AvgIpc) is 3.31. The molecular formula is C25H25HfP-2. The Hall–Kier alpha value is -1.30. The molecule has 0 spiro atoms. The van der Waals surface area contributed by atoms with Gasteiger partial charge in [-0.1, -0.05) is 56.0 Å². The summed E-state index contributed by atoms with van der Waals surface area (Å²) in [6, 6.07) is 21.7. The Morgan fingerprint density at radius 1 is 0.963 bits per heavy atom. The maximum atomic E-state index is 2.35. The van der Waals surface area contributed by atoms with Gasteiger partial charge in [0.05, 0.1) is 0 Å². The quantitative estimate of drug-likeness (QED) is 0.211. The van der Waals surface area contributed by atoms with E-state index in [1.54, 1.807) is 5.57 Å². The molecule has 3 aromatic rings. The van der Waals surface area contributed by atoms with Crippen LogP contribution in [-0.2, 0) is 25.8 Å². The maximum Gasteiger partial charge on any atom is 0 e. The third-order valence-electron chi connectivity index (χ3n) is 5.22. The summed E-state index contributed by atoms with van der Waals surface area (Å²) in [6.07, 6.45) is 12.1. The Labute approximate surface area is 183 Å². The molecule has 2 aliphatic rings. The van der Waals surface area contributed by atoms with Crippen LogP contribution in [0, 0.1) is 13.3 Å². The van der Waals surface area contributed by atoms with Gasteiger partial charge < -0.3 is 0 Å². The fraction of sp³-hybridized carbons (Fsp3) is 0.200. The van der Waals surface area contributed by atoms with Crippen LogP contribution in [0.15, 0.2) is 84.0 Å². The van der Waals surface area contributed by atoms with Gasteiger partial charge in [0.1, 0.15) is 0 Å². The van der Waals surface area contributed by atoms with E-state index in [0.29, 0.717) is 0 Å². The summed E-state index contributed by atoms with van der Waals surface area (Å²) in [4.78, 5) is 0. The van der Waals surface area contributed by atoms with Gasteiger partial charge in [0.2, 0.25) is 0 Å². The summed E-state index contributed by atoms with van der Waals surface area (Å²) in [7, 11) is 0.754. The minimum Gasteiger partial charge on any atom is -0.193 e. The number of hydrogen-bond donors (Lipinski definition) is 0. The van der Waals surface area contributed by atoms with Crippen molar-refractivity contribution in [3.63, 3.8) is 0 Å². The van der Waals surface area contributed by atoms with E-state index >= 15 is 0 Å². The first-order chi connectivity index (χ1) is 12.8. The minimum absolute atomic E-state index is 0. The summed E-state index contributed by atoms with van der Waals surface area (Å²) in [5.74, 6) is 0. The van der Waals surface area contributed by atoms with Crippen molar-refractivity contribution >= 4 is 30.0 Å². The van der Waals surface area contributed by atoms with Crippen LogP contribution in [0.2, 0.25) is 0 Å². The minimum atomic E-state index is 0. The third-order valence-corrected chi connectivity index (χ3v) is 6.76. The zero-order valence-corrected chi connectivity index (χ0v) is 20.4. The summed E-state index contributed by atoms with van der Waals surface area (Å²) in [6.45, 7) is 2.19. The summed E-state index contributed by atoms with van der Waals surface area (Å²) < 4.78 is 0. The van der Waals surface area contributed by atoms with Crippen LogP contribution in [0.1, 0.15) is 31.2 Å². The van der Waals surface area contributed by atoms with Crippen molar-refractivity contribution in [1.29, 1.82) is 0 Å². The van der Waals surface area contributed by atoms with Crippen molar-refractivity contribution in [2.75, 3.05) is 0 Å². The third kappa shape index (κ3) is 4.95. The van der Waals surface area contributed by atoms with Crippen molar-refractivity contribution in [3.05, 3.63) is 95.9 Å². The van der Waals surface area contributed by atoms with Crippen LogP contribution in [-0.4, -0.2) is 0 Å². The van der Waals surface area contributed by atoms with E-state index in [2.05, 4.69) is 86.2 Å². The van der Waals surface area contributed by atoms with Crippen molar-refractivity contribution in [3.8, 4) is 0 Å². The first-order valence-corrected chi connectivity index (χ1v) is 10.5. The summed E-state index contributed by atoms with van der Waals surface area (Å²) in [5, 5.41) is 5.65. The fourth-order valence-corrected chi connectivity index (χ4v) is 5.01. The molecule has 0 nitrogen and oxygen atoms in total. The first-order valence-electron chi connectivity index (χ1n) is 9.50. The molecule has 0 heterocycles. The van der Waals surface area contributed by atoms with E-state index in [-0.39, 0.29) is 25.8 Å². The first kappa shape index (κ1) is 20.4. The molecule has 0 radical (unpaired) electrons. The largest absolute Gasteiger partial charge is 0.193 e. The van der Waals surface area contributed by atoms with E-state index in [4.69, 9.17) is 0 Å². The van der Waals surface area contributed by atoms with Crippen molar-refractivity contribution < 1.29 is 25.8 Å². The standard InChI is InChI=1S/C16H14P.C9H11.Hf/c1-12-6-2-5-9-15(12)17-16-11-10-13-7-3-4-8-14(13)16;1-2-5-9-7-3-6-8(9)4-1;/h2-11,17H,1H3;1,4,6H,2-3,5,7H2;/q2*-1;. The Morgan fingerprint density at radius 3 is 2.63 bits per heavy atom. The molecule has 0 aromatic heterocycles. The molecular weight excluding hydrogens is 510 g/mol. The van der Waals surface area contributed by atoms with Crippen molar-refractivity contribution in [1.82, 2.24) is 0 Å². The number of fused-ring (bicyclic) bond motifs is 1. The topological polar surface area (TPSA) is 0 Å². The van der Waals surface area contributed by atoms with Gasteiger partial charge in [-0.2, -0.15) is 29.7 Å². The molecule has 0 bridgehead atoms. The molecule has 0 fully saturated rings.